The lowest BCUT2D eigenvalue weighted by Gasteiger charge is -2.20. The van der Waals surface area contributed by atoms with Crippen molar-refractivity contribution in [2.75, 3.05) is 32.1 Å². The van der Waals surface area contributed by atoms with Crippen LogP contribution in [0.4, 0.5) is 5.69 Å². The Morgan fingerprint density at radius 2 is 2.21 bits per heavy atom. The molecule has 1 aliphatic heterocycles. The van der Waals surface area contributed by atoms with E-state index >= 15 is 0 Å². The Labute approximate surface area is 124 Å². The van der Waals surface area contributed by atoms with Crippen LogP contribution in [0.3, 0.4) is 0 Å². The molecule has 0 bridgehead atoms. The minimum absolute atomic E-state index is 0.541. The second-order valence-electron chi connectivity index (χ2n) is 5.05. The fourth-order valence-electron chi connectivity index (χ4n) is 2.63. The summed E-state index contributed by atoms with van der Waals surface area (Å²) in [6.07, 6.45) is 3.69. The zero-order valence-electron chi connectivity index (χ0n) is 11.8. The van der Waals surface area contributed by atoms with Gasteiger partial charge in [0.2, 0.25) is 0 Å². The van der Waals surface area contributed by atoms with Crippen LogP contribution in [0.15, 0.2) is 22.7 Å². The van der Waals surface area contributed by atoms with Crippen molar-refractivity contribution in [2.24, 2.45) is 0 Å². The minimum Gasteiger partial charge on any atom is -0.495 e. The lowest BCUT2D eigenvalue weighted by molar-refractivity contribution is 0.300. The van der Waals surface area contributed by atoms with Crippen LogP contribution >= 0.6 is 15.9 Å². The Balaban J connectivity index is 2.02. The predicted molar refractivity (Wildman–Crippen MR) is 84.1 cm³/mol. The highest BCUT2D eigenvalue weighted by Gasteiger charge is 2.17. The average Bonchev–Trinajstić information content (AvgIpc) is 2.64. The predicted octanol–water partition coefficient (Wildman–Crippen LogP) is 3.74. The molecule has 19 heavy (non-hydrogen) atoms. The second kappa shape index (κ2) is 7.15. The molecule has 1 atom stereocenters. The van der Waals surface area contributed by atoms with Gasteiger partial charge in [-0.1, -0.05) is 22.9 Å². The average molecular weight is 327 g/mol. The Morgan fingerprint density at radius 3 is 2.95 bits per heavy atom. The van der Waals surface area contributed by atoms with Crippen molar-refractivity contribution in [3.8, 4) is 5.75 Å². The molecule has 0 radical (unpaired) electrons. The first-order chi connectivity index (χ1) is 9.22. The van der Waals surface area contributed by atoms with E-state index in [1.165, 1.54) is 32.4 Å². The summed E-state index contributed by atoms with van der Waals surface area (Å²) in [4.78, 5) is 2.53. The molecule has 0 aromatic heterocycles. The summed E-state index contributed by atoms with van der Waals surface area (Å²) in [6, 6.07) is 6.65. The van der Waals surface area contributed by atoms with Gasteiger partial charge in [0, 0.05) is 17.1 Å². The molecule has 2 rings (SSSR count). The highest BCUT2D eigenvalue weighted by molar-refractivity contribution is 9.10. The number of halogens is 1. The summed E-state index contributed by atoms with van der Waals surface area (Å²) in [5.74, 6) is 0.916. The minimum atomic E-state index is 0.541. The highest BCUT2D eigenvalue weighted by atomic mass is 79.9. The van der Waals surface area contributed by atoms with Gasteiger partial charge >= 0.3 is 0 Å². The van der Waals surface area contributed by atoms with Crippen LogP contribution in [0.2, 0.25) is 0 Å². The van der Waals surface area contributed by atoms with Gasteiger partial charge in [-0.3, -0.25) is 0 Å². The first-order valence-electron chi connectivity index (χ1n) is 7.05. The molecule has 1 fully saturated rings. The molecule has 4 heteroatoms. The molecule has 1 aromatic rings. The van der Waals surface area contributed by atoms with Crippen LogP contribution in [-0.2, 0) is 0 Å². The fourth-order valence-corrected chi connectivity index (χ4v) is 2.99. The van der Waals surface area contributed by atoms with Crippen molar-refractivity contribution in [3.63, 3.8) is 0 Å². The van der Waals surface area contributed by atoms with E-state index in [9.17, 15) is 0 Å². The molecule has 0 saturated carbocycles. The summed E-state index contributed by atoms with van der Waals surface area (Å²) in [5.41, 5.74) is 1.09. The Bertz CT molecular complexity index is 411. The maximum Gasteiger partial charge on any atom is 0.142 e. The lowest BCUT2D eigenvalue weighted by Crippen LogP contribution is -2.26. The van der Waals surface area contributed by atoms with Gasteiger partial charge in [-0.2, -0.15) is 0 Å². The summed E-state index contributed by atoms with van der Waals surface area (Å²) in [6.45, 7) is 5.81. The van der Waals surface area contributed by atoms with E-state index in [1.807, 2.05) is 12.1 Å². The Morgan fingerprint density at radius 1 is 1.37 bits per heavy atom. The number of nitrogens with zero attached hydrogens (tertiary/aromatic N) is 1. The van der Waals surface area contributed by atoms with Gasteiger partial charge < -0.3 is 15.0 Å². The van der Waals surface area contributed by atoms with E-state index in [2.05, 4.69) is 39.1 Å². The van der Waals surface area contributed by atoms with Crippen molar-refractivity contribution in [1.82, 2.24) is 4.90 Å². The lowest BCUT2D eigenvalue weighted by atomic mass is 10.1. The molecule has 106 valence electrons. The third kappa shape index (κ3) is 4.11. The third-order valence-corrected chi connectivity index (χ3v) is 4.28. The molecule has 1 N–H and O–H groups in total. The van der Waals surface area contributed by atoms with Crippen LogP contribution in [-0.4, -0.2) is 37.7 Å². The standard InChI is InChI=1S/C15H23BrN2O/c1-3-18-9-4-5-13(8-10-18)17-14-11-12(16)6-7-15(14)19-2/h6-7,11,13,17H,3-5,8-10H2,1-2H3. The number of rotatable bonds is 4. The summed E-state index contributed by atoms with van der Waals surface area (Å²) in [5, 5.41) is 3.64. The maximum atomic E-state index is 5.42. The summed E-state index contributed by atoms with van der Waals surface area (Å²) < 4.78 is 6.50. The van der Waals surface area contributed by atoms with Gasteiger partial charge in [0.1, 0.15) is 5.75 Å². The largest absolute Gasteiger partial charge is 0.495 e. The second-order valence-corrected chi connectivity index (χ2v) is 5.97. The van der Waals surface area contributed by atoms with Gasteiger partial charge in [0.05, 0.1) is 12.8 Å². The fraction of sp³-hybridized carbons (Fsp3) is 0.600. The quantitative estimate of drug-likeness (QED) is 0.912. The van der Waals surface area contributed by atoms with Crippen LogP contribution in [0, 0.1) is 0 Å². The van der Waals surface area contributed by atoms with Crippen molar-refractivity contribution in [3.05, 3.63) is 22.7 Å². The van der Waals surface area contributed by atoms with Crippen LogP contribution in [0.5, 0.6) is 5.75 Å². The number of ether oxygens (including phenoxy) is 1. The van der Waals surface area contributed by atoms with Crippen LogP contribution < -0.4 is 10.1 Å². The molecule has 3 nitrogen and oxygen atoms in total. The van der Waals surface area contributed by atoms with E-state index in [0.29, 0.717) is 6.04 Å². The van der Waals surface area contributed by atoms with Crippen molar-refractivity contribution < 1.29 is 4.74 Å². The molecule has 0 aliphatic carbocycles. The third-order valence-electron chi connectivity index (χ3n) is 3.79. The van der Waals surface area contributed by atoms with Gasteiger partial charge in [-0.15, -0.1) is 0 Å². The van der Waals surface area contributed by atoms with Crippen LogP contribution in [0.25, 0.3) is 0 Å². The first kappa shape index (κ1) is 14.7. The monoisotopic (exact) mass is 326 g/mol. The molecular weight excluding hydrogens is 304 g/mol. The number of anilines is 1. The molecule has 1 unspecified atom stereocenters. The maximum absolute atomic E-state index is 5.42. The van der Waals surface area contributed by atoms with E-state index < -0.39 is 0 Å². The highest BCUT2D eigenvalue weighted by Crippen LogP contribution is 2.29. The van der Waals surface area contributed by atoms with E-state index in [-0.39, 0.29) is 0 Å². The zero-order chi connectivity index (χ0) is 13.7. The molecule has 0 spiro atoms. The SMILES string of the molecule is CCN1CCCC(Nc2cc(Br)ccc2OC)CC1. The molecule has 1 heterocycles. The van der Waals surface area contributed by atoms with E-state index in [4.69, 9.17) is 4.74 Å². The molecule has 0 amide bonds. The van der Waals surface area contributed by atoms with Gasteiger partial charge in [0.15, 0.2) is 0 Å². The van der Waals surface area contributed by atoms with E-state index in [0.717, 1.165) is 22.5 Å². The zero-order valence-corrected chi connectivity index (χ0v) is 13.4. The van der Waals surface area contributed by atoms with Gasteiger partial charge in [-0.05, 0) is 50.6 Å². The van der Waals surface area contributed by atoms with Crippen molar-refractivity contribution >= 4 is 21.6 Å². The van der Waals surface area contributed by atoms with Crippen molar-refractivity contribution in [1.29, 1.82) is 0 Å². The first-order valence-corrected chi connectivity index (χ1v) is 7.84. The summed E-state index contributed by atoms with van der Waals surface area (Å²) >= 11 is 3.52. The molecule has 1 saturated heterocycles. The number of hydrogen-bond donors (Lipinski definition) is 1. The molecular formula is C15H23BrN2O. The van der Waals surface area contributed by atoms with Gasteiger partial charge in [-0.25, -0.2) is 0 Å². The number of likely N-dealkylation sites (tertiary alicyclic amines) is 1. The number of methoxy groups -OCH3 is 1. The number of hydrogen-bond acceptors (Lipinski definition) is 3. The smallest absolute Gasteiger partial charge is 0.142 e. The summed E-state index contributed by atoms with van der Waals surface area (Å²) in [7, 11) is 1.72. The Hall–Kier alpha value is -0.740. The number of benzene rings is 1. The van der Waals surface area contributed by atoms with Crippen LogP contribution in [0.1, 0.15) is 26.2 Å². The number of nitrogens with one attached hydrogen (secondary N) is 1. The normalized spacial score (nSPS) is 20.9. The molecule has 1 aromatic carbocycles. The van der Waals surface area contributed by atoms with Gasteiger partial charge in [0.25, 0.3) is 0 Å². The molecule has 1 aliphatic rings. The Kier molecular flexibility index (Phi) is 5.52. The van der Waals surface area contributed by atoms with E-state index in [1.54, 1.807) is 7.11 Å². The van der Waals surface area contributed by atoms with Crippen molar-refractivity contribution in [2.45, 2.75) is 32.2 Å². The topological polar surface area (TPSA) is 24.5 Å².